The Morgan fingerprint density at radius 1 is 1.14 bits per heavy atom. The summed E-state index contributed by atoms with van der Waals surface area (Å²) in [5.74, 6) is 0.882. The van der Waals surface area contributed by atoms with Crippen molar-refractivity contribution in [2.75, 3.05) is 11.9 Å². The first-order valence-electron chi connectivity index (χ1n) is 7.49. The third kappa shape index (κ3) is 2.54. The fourth-order valence-corrected chi connectivity index (χ4v) is 4.17. The van der Waals surface area contributed by atoms with Crippen LogP contribution < -0.4 is 10.2 Å². The third-order valence-electron chi connectivity index (χ3n) is 4.41. The molecule has 3 nitrogen and oxygen atoms in total. The van der Waals surface area contributed by atoms with Crippen LogP contribution in [-0.4, -0.2) is 24.2 Å². The van der Waals surface area contributed by atoms with Gasteiger partial charge in [0.1, 0.15) is 0 Å². The van der Waals surface area contributed by atoms with E-state index in [1.807, 2.05) is 18.5 Å². The average Bonchev–Trinajstić information content (AvgIpc) is 3.19. The number of hydrogen-bond donors (Lipinski definition) is 1. The number of benzene rings is 1. The van der Waals surface area contributed by atoms with Crippen molar-refractivity contribution in [2.24, 2.45) is 5.92 Å². The Morgan fingerprint density at radius 3 is 2.81 bits per heavy atom. The van der Waals surface area contributed by atoms with E-state index in [1.54, 1.807) is 11.8 Å². The molecule has 4 rings (SSSR count). The molecule has 1 aliphatic heterocycles. The van der Waals surface area contributed by atoms with Crippen LogP contribution in [0, 0.1) is 5.92 Å². The summed E-state index contributed by atoms with van der Waals surface area (Å²) in [4.78, 5) is 9.44. The monoisotopic (exact) mass is 297 g/mol. The van der Waals surface area contributed by atoms with Crippen molar-refractivity contribution in [1.82, 2.24) is 10.3 Å². The van der Waals surface area contributed by atoms with E-state index in [0.29, 0.717) is 6.17 Å². The summed E-state index contributed by atoms with van der Waals surface area (Å²) in [6.07, 6.45) is 7.02. The number of nitrogens with zero attached hydrogens (tertiary/aromatic N) is 2. The van der Waals surface area contributed by atoms with Gasteiger partial charge in [0.2, 0.25) is 0 Å². The molecule has 2 aromatic rings. The van der Waals surface area contributed by atoms with Gasteiger partial charge in [-0.3, -0.25) is 4.98 Å². The molecule has 0 amide bonds. The van der Waals surface area contributed by atoms with E-state index >= 15 is 0 Å². The highest BCUT2D eigenvalue weighted by molar-refractivity contribution is 7.99. The minimum atomic E-state index is 0.465. The van der Waals surface area contributed by atoms with E-state index in [1.165, 1.54) is 28.3 Å². The van der Waals surface area contributed by atoms with Crippen LogP contribution in [0.5, 0.6) is 0 Å². The van der Waals surface area contributed by atoms with Crippen LogP contribution in [0.1, 0.15) is 12.8 Å². The minimum Gasteiger partial charge on any atom is -0.351 e. The lowest BCUT2D eigenvalue weighted by atomic mass is 10.2. The van der Waals surface area contributed by atoms with Gasteiger partial charge in [0.25, 0.3) is 0 Å². The van der Waals surface area contributed by atoms with Crippen LogP contribution in [-0.2, 0) is 0 Å². The molecule has 1 saturated carbocycles. The predicted molar refractivity (Wildman–Crippen MR) is 86.6 cm³/mol. The molecule has 1 N–H and O–H groups in total. The number of pyridine rings is 1. The number of aromatic nitrogens is 1. The lowest BCUT2D eigenvalue weighted by molar-refractivity contribution is 0.530. The van der Waals surface area contributed by atoms with Crippen molar-refractivity contribution in [3.63, 3.8) is 0 Å². The van der Waals surface area contributed by atoms with Crippen LogP contribution in [0.3, 0.4) is 0 Å². The van der Waals surface area contributed by atoms with E-state index in [-0.39, 0.29) is 0 Å². The van der Waals surface area contributed by atoms with Crippen molar-refractivity contribution in [2.45, 2.75) is 34.8 Å². The number of rotatable bonds is 4. The molecule has 0 bridgehead atoms. The molecule has 0 spiro atoms. The zero-order chi connectivity index (χ0) is 14.2. The third-order valence-corrected chi connectivity index (χ3v) is 5.38. The molecule has 1 aromatic carbocycles. The van der Waals surface area contributed by atoms with Gasteiger partial charge in [0.15, 0.2) is 0 Å². The van der Waals surface area contributed by atoms with E-state index < -0.39 is 0 Å². The van der Waals surface area contributed by atoms with Crippen LogP contribution in [0.2, 0.25) is 0 Å². The first kappa shape index (κ1) is 13.2. The molecule has 1 aromatic heterocycles. The molecule has 108 valence electrons. The largest absolute Gasteiger partial charge is 0.351 e. The second-order valence-electron chi connectivity index (χ2n) is 5.80. The number of nitrogens with one attached hydrogen (secondary N) is 1. The lowest BCUT2D eigenvalue weighted by Gasteiger charge is -2.29. The second kappa shape index (κ2) is 5.35. The quantitative estimate of drug-likeness (QED) is 0.936. The summed E-state index contributed by atoms with van der Waals surface area (Å²) in [5, 5.41) is 3.43. The Labute approximate surface area is 129 Å². The van der Waals surface area contributed by atoms with Crippen molar-refractivity contribution in [1.29, 1.82) is 0 Å². The highest BCUT2D eigenvalue weighted by atomic mass is 32.2. The first-order valence-corrected chi connectivity index (χ1v) is 8.30. The maximum Gasteiger partial charge on any atom is 0.0800 e. The average molecular weight is 297 g/mol. The van der Waals surface area contributed by atoms with Crippen LogP contribution in [0.25, 0.3) is 0 Å². The maximum absolute atomic E-state index is 4.46. The lowest BCUT2D eigenvalue weighted by Crippen LogP contribution is -2.41. The number of piperidine rings is 1. The summed E-state index contributed by atoms with van der Waals surface area (Å²) in [5.41, 5.74) is 1.25. The summed E-state index contributed by atoms with van der Waals surface area (Å²) < 4.78 is 0. The molecule has 0 radical (unpaired) electrons. The standard InChI is InChI=1S/C17H19N3S/c1-18-17-8-12-7-16(12)20(17)13-9-15(11-19-10-13)21-14-5-3-2-4-6-14/h2-6,9-12,16-18H,7-8H2,1H3. The van der Waals surface area contributed by atoms with E-state index in [4.69, 9.17) is 0 Å². The fraction of sp³-hybridized carbons (Fsp3) is 0.353. The Bertz CT molecular complexity index is 631. The highest BCUT2D eigenvalue weighted by Gasteiger charge is 2.51. The van der Waals surface area contributed by atoms with E-state index in [2.05, 4.69) is 52.6 Å². The van der Waals surface area contributed by atoms with Crippen LogP contribution >= 0.6 is 11.8 Å². The van der Waals surface area contributed by atoms with Crippen molar-refractivity contribution in [3.05, 3.63) is 48.8 Å². The molecular weight excluding hydrogens is 278 g/mol. The normalized spacial score (nSPS) is 26.7. The van der Waals surface area contributed by atoms with Crippen LogP contribution in [0.15, 0.2) is 58.6 Å². The summed E-state index contributed by atoms with van der Waals surface area (Å²) in [7, 11) is 2.05. The SMILES string of the molecule is CNC1CC2CC2N1c1cncc(Sc2ccccc2)c1. The van der Waals surface area contributed by atoms with Crippen molar-refractivity contribution in [3.8, 4) is 0 Å². The molecular formula is C17H19N3S. The topological polar surface area (TPSA) is 28.2 Å². The summed E-state index contributed by atoms with van der Waals surface area (Å²) in [6, 6.07) is 13.5. The maximum atomic E-state index is 4.46. The predicted octanol–water partition coefficient (Wildman–Crippen LogP) is 3.38. The highest BCUT2D eigenvalue weighted by Crippen LogP contribution is 2.49. The molecule has 3 unspecified atom stereocenters. The van der Waals surface area contributed by atoms with Crippen LogP contribution in [0.4, 0.5) is 5.69 Å². The Morgan fingerprint density at radius 2 is 2.00 bits per heavy atom. The fourth-order valence-electron chi connectivity index (χ4n) is 3.31. The van der Waals surface area contributed by atoms with E-state index in [0.717, 1.165) is 12.0 Å². The smallest absolute Gasteiger partial charge is 0.0800 e. The zero-order valence-electron chi connectivity index (χ0n) is 12.1. The molecule has 2 aliphatic rings. The van der Waals surface area contributed by atoms with Gasteiger partial charge in [-0.05, 0) is 44.0 Å². The van der Waals surface area contributed by atoms with Crippen molar-refractivity contribution < 1.29 is 0 Å². The van der Waals surface area contributed by atoms with Gasteiger partial charge in [-0.25, -0.2) is 0 Å². The first-order chi connectivity index (χ1) is 10.3. The van der Waals surface area contributed by atoms with Gasteiger partial charge in [-0.2, -0.15) is 0 Å². The molecule has 3 atom stereocenters. The summed E-state index contributed by atoms with van der Waals surface area (Å²) >= 11 is 1.77. The molecule has 2 heterocycles. The Balaban J connectivity index is 1.58. The van der Waals surface area contributed by atoms with Gasteiger partial charge in [0, 0.05) is 22.0 Å². The van der Waals surface area contributed by atoms with Gasteiger partial charge in [-0.1, -0.05) is 30.0 Å². The van der Waals surface area contributed by atoms with Gasteiger partial charge in [-0.15, -0.1) is 0 Å². The van der Waals surface area contributed by atoms with Gasteiger partial charge in [0.05, 0.1) is 18.1 Å². The zero-order valence-corrected chi connectivity index (χ0v) is 12.9. The van der Waals surface area contributed by atoms with E-state index in [9.17, 15) is 0 Å². The number of anilines is 1. The Kier molecular flexibility index (Phi) is 3.36. The van der Waals surface area contributed by atoms with Crippen molar-refractivity contribution >= 4 is 17.4 Å². The molecule has 1 aliphatic carbocycles. The molecule has 21 heavy (non-hydrogen) atoms. The minimum absolute atomic E-state index is 0.465. The second-order valence-corrected chi connectivity index (χ2v) is 6.95. The molecule has 4 heteroatoms. The number of hydrogen-bond acceptors (Lipinski definition) is 4. The number of fused-ring (bicyclic) bond motifs is 1. The molecule has 2 fully saturated rings. The molecule has 1 saturated heterocycles. The van der Waals surface area contributed by atoms with Gasteiger partial charge >= 0.3 is 0 Å². The Hall–Kier alpha value is -1.52. The van der Waals surface area contributed by atoms with Gasteiger partial charge < -0.3 is 10.2 Å². The summed E-state index contributed by atoms with van der Waals surface area (Å²) in [6.45, 7) is 0.